The summed E-state index contributed by atoms with van der Waals surface area (Å²) >= 11 is 5.57. The number of amides is 1. The fraction of sp³-hybridized carbons (Fsp3) is 0.846. The number of halogens is 1. The first kappa shape index (κ1) is 13.6. The molecule has 0 bridgehead atoms. The van der Waals surface area contributed by atoms with Gasteiger partial charge in [-0.15, -0.1) is 11.6 Å². The third-order valence-electron chi connectivity index (χ3n) is 4.24. The zero-order valence-electron chi connectivity index (χ0n) is 10.7. The van der Waals surface area contributed by atoms with Gasteiger partial charge >= 0.3 is 0 Å². The number of rotatable bonds is 2. The average Bonchev–Trinajstić information content (AvgIpc) is 2.47. The van der Waals surface area contributed by atoms with Crippen LogP contribution in [-0.2, 0) is 4.79 Å². The Hall–Kier alpha value is -0.790. The van der Waals surface area contributed by atoms with E-state index in [0.717, 1.165) is 38.8 Å². The molecular weight excluding hydrogens is 250 g/mol. The molecule has 0 aromatic carbocycles. The Labute approximate surface area is 113 Å². The zero-order valence-corrected chi connectivity index (χ0v) is 11.5. The highest BCUT2D eigenvalue weighted by Gasteiger charge is 2.39. The maximum absolute atomic E-state index is 11.5. The number of nitriles is 1. The number of carbonyl (C=O) groups is 1. The van der Waals surface area contributed by atoms with Crippen LogP contribution in [0.1, 0.15) is 32.1 Å². The van der Waals surface area contributed by atoms with E-state index in [0.29, 0.717) is 13.1 Å². The minimum absolute atomic E-state index is 0.00553. The molecule has 4 nitrogen and oxygen atoms in total. The molecule has 0 aromatic heterocycles. The van der Waals surface area contributed by atoms with Crippen LogP contribution in [0, 0.1) is 11.3 Å². The van der Waals surface area contributed by atoms with Crippen molar-refractivity contribution in [2.75, 3.05) is 32.1 Å². The molecule has 2 rings (SSSR count). The Kier molecular flexibility index (Phi) is 4.47. The summed E-state index contributed by atoms with van der Waals surface area (Å²) in [5, 5.41) is 9.52. The summed E-state index contributed by atoms with van der Waals surface area (Å²) in [5.41, 5.74) is -0.269. The normalized spacial score (nSPS) is 24.6. The van der Waals surface area contributed by atoms with E-state index in [1.54, 1.807) is 4.90 Å². The van der Waals surface area contributed by atoms with Crippen molar-refractivity contribution in [3.63, 3.8) is 0 Å². The van der Waals surface area contributed by atoms with Gasteiger partial charge in [0.25, 0.3) is 0 Å². The molecule has 1 saturated heterocycles. The monoisotopic (exact) mass is 269 g/mol. The van der Waals surface area contributed by atoms with E-state index < -0.39 is 0 Å². The molecule has 1 aliphatic heterocycles. The van der Waals surface area contributed by atoms with Gasteiger partial charge in [0.05, 0.1) is 6.07 Å². The second kappa shape index (κ2) is 5.90. The molecule has 1 aliphatic carbocycles. The summed E-state index contributed by atoms with van der Waals surface area (Å²) in [7, 11) is 0. The molecule has 0 N–H and O–H groups in total. The maximum atomic E-state index is 11.5. The second-order valence-corrected chi connectivity index (χ2v) is 5.47. The van der Waals surface area contributed by atoms with Crippen molar-refractivity contribution in [3.8, 4) is 6.07 Å². The van der Waals surface area contributed by atoms with Crippen LogP contribution in [0.4, 0.5) is 0 Å². The minimum Gasteiger partial charge on any atom is -0.339 e. The fourth-order valence-corrected chi connectivity index (χ4v) is 3.27. The van der Waals surface area contributed by atoms with E-state index in [1.165, 1.54) is 6.42 Å². The van der Waals surface area contributed by atoms with Gasteiger partial charge < -0.3 is 4.90 Å². The van der Waals surface area contributed by atoms with Crippen LogP contribution < -0.4 is 0 Å². The SMILES string of the molecule is N#CC1(N2CCN(C(=O)CCl)CC2)CCCCC1. The lowest BCUT2D eigenvalue weighted by Crippen LogP contribution is -2.58. The summed E-state index contributed by atoms with van der Waals surface area (Å²) in [6, 6.07) is 2.54. The van der Waals surface area contributed by atoms with Gasteiger partial charge in [0.15, 0.2) is 0 Å². The molecule has 2 fully saturated rings. The van der Waals surface area contributed by atoms with Crippen LogP contribution in [0.2, 0.25) is 0 Å². The van der Waals surface area contributed by atoms with Crippen LogP contribution in [0.3, 0.4) is 0 Å². The molecule has 2 aliphatic rings. The first-order valence-corrected chi connectivity index (χ1v) is 7.25. The van der Waals surface area contributed by atoms with Gasteiger partial charge in [-0.25, -0.2) is 0 Å². The second-order valence-electron chi connectivity index (χ2n) is 5.21. The lowest BCUT2D eigenvalue weighted by atomic mass is 9.81. The molecule has 0 spiro atoms. The lowest BCUT2D eigenvalue weighted by molar-refractivity contribution is -0.131. The molecule has 5 heteroatoms. The smallest absolute Gasteiger partial charge is 0.237 e. The number of hydrogen-bond donors (Lipinski definition) is 0. The summed E-state index contributed by atoms with van der Waals surface area (Å²) in [4.78, 5) is 15.6. The van der Waals surface area contributed by atoms with E-state index in [-0.39, 0.29) is 17.3 Å². The Balaban J connectivity index is 1.96. The van der Waals surface area contributed by atoms with Crippen molar-refractivity contribution in [1.82, 2.24) is 9.80 Å². The summed E-state index contributed by atoms with van der Waals surface area (Å²) in [5.74, 6) is 0.0644. The van der Waals surface area contributed by atoms with Crippen molar-refractivity contribution in [2.45, 2.75) is 37.6 Å². The first-order chi connectivity index (χ1) is 8.72. The van der Waals surface area contributed by atoms with E-state index >= 15 is 0 Å². The van der Waals surface area contributed by atoms with Gasteiger partial charge in [-0.05, 0) is 12.8 Å². The van der Waals surface area contributed by atoms with Crippen molar-refractivity contribution in [2.24, 2.45) is 0 Å². The molecule has 18 heavy (non-hydrogen) atoms. The Bertz CT molecular complexity index is 339. The van der Waals surface area contributed by atoms with Crippen molar-refractivity contribution in [1.29, 1.82) is 5.26 Å². The van der Waals surface area contributed by atoms with E-state index in [4.69, 9.17) is 11.6 Å². The third kappa shape index (κ3) is 2.62. The van der Waals surface area contributed by atoms with E-state index in [9.17, 15) is 10.1 Å². The minimum atomic E-state index is -0.269. The topological polar surface area (TPSA) is 47.3 Å². The number of hydrogen-bond acceptors (Lipinski definition) is 3. The van der Waals surface area contributed by atoms with Crippen LogP contribution in [0.15, 0.2) is 0 Å². The molecule has 0 radical (unpaired) electrons. The van der Waals surface area contributed by atoms with E-state index in [1.807, 2.05) is 0 Å². The predicted molar refractivity (Wildman–Crippen MR) is 70.3 cm³/mol. The standard InChI is InChI=1S/C13H20ClN3O/c14-10-12(18)16-6-8-17(9-7-16)13(11-15)4-2-1-3-5-13/h1-10H2. The zero-order chi connectivity index (χ0) is 13.0. The Morgan fingerprint density at radius 2 is 1.78 bits per heavy atom. The maximum Gasteiger partial charge on any atom is 0.237 e. The molecule has 0 aromatic rings. The van der Waals surface area contributed by atoms with Gasteiger partial charge in [0, 0.05) is 26.2 Å². The average molecular weight is 270 g/mol. The highest BCUT2D eigenvalue weighted by atomic mass is 35.5. The van der Waals surface area contributed by atoms with Crippen LogP contribution >= 0.6 is 11.6 Å². The van der Waals surface area contributed by atoms with Crippen molar-refractivity contribution >= 4 is 17.5 Å². The number of piperazine rings is 1. The van der Waals surface area contributed by atoms with Gasteiger partial charge in [0.2, 0.25) is 5.91 Å². The lowest BCUT2D eigenvalue weighted by Gasteiger charge is -2.45. The molecule has 1 saturated carbocycles. The van der Waals surface area contributed by atoms with E-state index in [2.05, 4.69) is 11.0 Å². The highest BCUT2D eigenvalue weighted by molar-refractivity contribution is 6.27. The van der Waals surface area contributed by atoms with Gasteiger partial charge in [-0.1, -0.05) is 19.3 Å². The molecule has 1 heterocycles. The molecule has 100 valence electrons. The van der Waals surface area contributed by atoms with Crippen LogP contribution in [-0.4, -0.2) is 53.3 Å². The number of alkyl halides is 1. The molecular formula is C13H20ClN3O. The quantitative estimate of drug-likeness (QED) is 0.716. The van der Waals surface area contributed by atoms with Crippen molar-refractivity contribution < 1.29 is 4.79 Å². The van der Waals surface area contributed by atoms with Crippen molar-refractivity contribution in [3.05, 3.63) is 0 Å². The van der Waals surface area contributed by atoms with Crippen LogP contribution in [0.5, 0.6) is 0 Å². The van der Waals surface area contributed by atoms with Gasteiger partial charge in [-0.3, -0.25) is 9.69 Å². The fourth-order valence-electron chi connectivity index (χ4n) is 3.10. The number of carbonyl (C=O) groups excluding carboxylic acids is 1. The molecule has 1 amide bonds. The Morgan fingerprint density at radius 3 is 2.28 bits per heavy atom. The predicted octanol–water partition coefficient (Wildman–Crippen LogP) is 1.60. The third-order valence-corrected chi connectivity index (χ3v) is 4.47. The largest absolute Gasteiger partial charge is 0.339 e. The van der Waals surface area contributed by atoms with Gasteiger partial charge in [0.1, 0.15) is 11.4 Å². The summed E-state index contributed by atoms with van der Waals surface area (Å²) in [6.45, 7) is 3.01. The highest BCUT2D eigenvalue weighted by Crippen LogP contribution is 2.33. The van der Waals surface area contributed by atoms with Gasteiger partial charge in [-0.2, -0.15) is 5.26 Å². The number of nitrogens with zero attached hydrogens (tertiary/aromatic N) is 3. The summed E-state index contributed by atoms with van der Waals surface area (Å²) < 4.78 is 0. The first-order valence-electron chi connectivity index (χ1n) is 6.72. The molecule has 0 unspecified atom stereocenters. The van der Waals surface area contributed by atoms with Crippen LogP contribution in [0.25, 0.3) is 0 Å². The summed E-state index contributed by atoms with van der Waals surface area (Å²) in [6.07, 6.45) is 5.50. The Morgan fingerprint density at radius 1 is 1.17 bits per heavy atom. The molecule has 0 atom stereocenters.